The quantitative estimate of drug-likeness (QED) is 0.876. The molecule has 5 heteroatoms. The van der Waals surface area contributed by atoms with Gasteiger partial charge in [0.2, 0.25) is 5.16 Å². The summed E-state index contributed by atoms with van der Waals surface area (Å²) in [5, 5.41) is 8.08. The molecule has 2 aromatic rings. The molecule has 0 amide bonds. The minimum Gasteiger partial charge on any atom is -0.377 e. The third-order valence-electron chi connectivity index (χ3n) is 3.46. The normalized spacial score (nSPS) is 19.1. The van der Waals surface area contributed by atoms with Gasteiger partial charge in [0.25, 0.3) is 0 Å². The monoisotopic (exact) mass is 289 g/mol. The zero-order valence-electron chi connectivity index (χ0n) is 11.6. The zero-order chi connectivity index (χ0) is 13.8. The molecular formula is C15H19N3OS. The minimum absolute atomic E-state index is 0.357. The fraction of sp³-hybridized carbons (Fsp3) is 0.467. The van der Waals surface area contributed by atoms with Gasteiger partial charge in [-0.2, -0.15) is 0 Å². The van der Waals surface area contributed by atoms with E-state index in [-0.39, 0.29) is 0 Å². The van der Waals surface area contributed by atoms with Crippen molar-refractivity contribution in [2.45, 2.75) is 37.4 Å². The van der Waals surface area contributed by atoms with Gasteiger partial charge >= 0.3 is 0 Å². The number of aryl methyl sites for hydroxylation is 1. The van der Waals surface area contributed by atoms with Crippen LogP contribution in [0.2, 0.25) is 0 Å². The van der Waals surface area contributed by atoms with Crippen LogP contribution >= 0.6 is 11.8 Å². The molecule has 0 saturated carbocycles. The number of H-pyrrole nitrogens is 1. The number of nitrogens with one attached hydrogen (secondary N) is 1. The van der Waals surface area contributed by atoms with Crippen LogP contribution in [0.4, 0.5) is 0 Å². The van der Waals surface area contributed by atoms with Crippen molar-refractivity contribution in [1.82, 2.24) is 15.2 Å². The Bertz CT molecular complexity index is 547. The van der Waals surface area contributed by atoms with Gasteiger partial charge < -0.3 is 4.74 Å². The maximum atomic E-state index is 5.72. The molecule has 4 nitrogen and oxygen atoms in total. The van der Waals surface area contributed by atoms with E-state index in [2.05, 4.69) is 46.4 Å². The van der Waals surface area contributed by atoms with Gasteiger partial charge in [0.05, 0.1) is 6.10 Å². The highest BCUT2D eigenvalue weighted by Crippen LogP contribution is 2.23. The van der Waals surface area contributed by atoms with E-state index in [9.17, 15) is 0 Å². The highest BCUT2D eigenvalue weighted by atomic mass is 32.2. The largest absolute Gasteiger partial charge is 0.377 e. The molecule has 1 saturated heterocycles. The molecule has 20 heavy (non-hydrogen) atoms. The van der Waals surface area contributed by atoms with Crippen LogP contribution in [-0.2, 0) is 4.74 Å². The average molecular weight is 289 g/mol. The number of aromatic nitrogens is 3. The number of benzene rings is 1. The average Bonchev–Trinajstić information content (AvgIpc) is 2.96. The number of ether oxygens (including phenoxy) is 1. The number of hydrogen-bond donors (Lipinski definition) is 1. The molecule has 0 aliphatic carbocycles. The predicted octanol–water partition coefficient (Wildman–Crippen LogP) is 3.44. The lowest BCUT2D eigenvalue weighted by atomic mass is 10.1. The molecule has 1 aliphatic heterocycles. The Kier molecular flexibility index (Phi) is 4.38. The first-order valence-corrected chi connectivity index (χ1v) is 8.04. The summed E-state index contributed by atoms with van der Waals surface area (Å²) in [5.74, 6) is 1.77. The van der Waals surface area contributed by atoms with Crippen LogP contribution in [-0.4, -0.2) is 33.6 Å². The van der Waals surface area contributed by atoms with Crippen LogP contribution in [0.25, 0.3) is 11.4 Å². The molecule has 1 aliphatic rings. The van der Waals surface area contributed by atoms with Crippen molar-refractivity contribution >= 4 is 11.8 Å². The number of thioether (sulfide) groups is 1. The first-order chi connectivity index (χ1) is 9.81. The summed E-state index contributed by atoms with van der Waals surface area (Å²) >= 11 is 1.67. The molecule has 1 aromatic heterocycles. The molecule has 1 atom stereocenters. The molecule has 2 heterocycles. The van der Waals surface area contributed by atoms with Crippen LogP contribution < -0.4 is 0 Å². The Balaban J connectivity index is 1.60. The summed E-state index contributed by atoms with van der Waals surface area (Å²) in [6.45, 7) is 2.98. The summed E-state index contributed by atoms with van der Waals surface area (Å²) in [6, 6.07) is 8.30. The first-order valence-electron chi connectivity index (χ1n) is 7.05. The van der Waals surface area contributed by atoms with E-state index in [0.29, 0.717) is 6.10 Å². The van der Waals surface area contributed by atoms with E-state index >= 15 is 0 Å². The maximum absolute atomic E-state index is 5.72. The van der Waals surface area contributed by atoms with Crippen LogP contribution in [0.3, 0.4) is 0 Å². The second kappa shape index (κ2) is 6.41. The summed E-state index contributed by atoms with van der Waals surface area (Å²) < 4.78 is 5.72. The van der Waals surface area contributed by atoms with Crippen LogP contribution in [0, 0.1) is 6.92 Å². The van der Waals surface area contributed by atoms with Gasteiger partial charge in [-0.05, 0) is 26.2 Å². The maximum Gasteiger partial charge on any atom is 0.208 e. The molecule has 3 rings (SSSR count). The Morgan fingerprint density at radius 2 is 2.15 bits per heavy atom. The molecule has 1 N–H and O–H groups in total. The molecule has 1 unspecified atom stereocenters. The SMILES string of the molecule is Cc1ccc(-c2nc(SCC3CCCCO3)n[nH]2)cc1. The highest BCUT2D eigenvalue weighted by molar-refractivity contribution is 7.99. The van der Waals surface area contributed by atoms with Crippen molar-refractivity contribution in [2.24, 2.45) is 0 Å². The lowest BCUT2D eigenvalue weighted by Gasteiger charge is -2.21. The van der Waals surface area contributed by atoms with Crippen molar-refractivity contribution in [2.75, 3.05) is 12.4 Å². The number of nitrogens with zero attached hydrogens (tertiary/aromatic N) is 2. The molecule has 1 aromatic carbocycles. The summed E-state index contributed by atoms with van der Waals surface area (Å²) in [4.78, 5) is 4.54. The van der Waals surface area contributed by atoms with Crippen molar-refractivity contribution in [1.29, 1.82) is 0 Å². The molecule has 0 bridgehead atoms. The molecule has 1 fully saturated rings. The van der Waals surface area contributed by atoms with E-state index < -0.39 is 0 Å². The predicted molar refractivity (Wildman–Crippen MR) is 80.9 cm³/mol. The van der Waals surface area contributed by atoms with Gasteiger partial charge in [0, 0.05) is 17.9 Å². The smallest absolute Gasteiger partial charge is 0.208 e. The number of aromatic amines is 1. The molecule has 106 valence electrons. The van der Waals surface area contributed by atoms with Gasteiger partial charge in [-0.25, -0.2) is 4.98 Å². The Morgan fingerprint density at radius 3 is 2.90 bits per heavy atom. The molecule has 0 spiro atoms. The molecular weight excluding hydrogens is 270 g/mol. The minimum atomic E-state index is 0.357. The fourth-order valence-electron chi connectivity index (χ4n) is 2.26. The van der Waals surface area contributed by atoms with Crippen molar-refractivity contribution in [3.8, 4) is 11.4 Å². The van der Waals surface area contributed by atoms with E-state index in [0.717, 1.165) is 35.3 Å². The van der Waals surface area contributed by atoms with Crippen LogP contribution in [0.5, 0.6) is 0 Å². The second-order valence-corrected chi connectivity index (χ2v) is 6.12. The topological polar surface area (TPSA) is 50.8 Å². The van der Waals surface area contributed by atoms with Gasteiger partial charge in [-0.1, -0.05) is 41.6 Å². The lowest BCUT2D eigenvalue weighted by molar-refractivity contribution is 0.0315. The summed E-state index contributed by atoms with van der Waals surface area (Å²) in [6.07, 6.45) is 3.98. The lowest BCUT2D eigenvalue weighted by Crippen LogP contribution is -2.21. The van der Waals surface area contributed by atoms with Crippen molar-refractivity contribution in [3.63, 3.8) is 0 Å². The first kappa shape index (κ1) is 13.6. The highest BCUT2D eigenvalue weighted by Gasteiger charge is 2.15. The summed E-state index contributed by atoms with van der Waals surface area (Å²) in [5.41, 5.74) is 2.32. The van der Waals surface area contributed by atoms with E-state index in [1.807, 2.05) is 0 Å². The Labute approximate surface area is 123 Å². The van der Waals surface area contributed by atoms with Crippen molar-refractivity contribution < 1.29 is 4.74 Å². The van der Waals surface area contributed by atoms with E-state index in [1.165, 1.54) is 18.4 Å². The Morgan fingerprint density at radius 1 is 1.30 bits per heavy atom. The van der Waals surface area contributed by atoms with Gasteiger partial charge in [0.1, 0.15) is 0 Å². The third-order valence-corrected chi connectivity index (χ3v) is 4.44. The second-order valence-electron chi connectivity index (χ2n) is 5.13. The Hall–Kier alpha value is -1.33. The fourth-order valence-corrected chi connectivity index (χ4v) is 3.12. The third kappa shape index (κ3) is 3.41. The van der Waals surface area contributed by atoms with Crippen LogP contribution in [0.15, 0.2) is 29.4 Å². The van der Waals surface area contributed by atoms with E-state index in [4.69, 9.17) is 4.74 Å². The van der Waals surface area contributed by atoms with Crippen LogP contribution in [0.1, 0.15) is 24.8 Å². The van der Waals surface area contributed by atoms with E-state index in [1.54, 1.807) is 11.8 Å². The summed E-state index contributed by atoms with van der Waals surface area (Å²) in [7, 11) is 0. The standard InChI is InChI=1S/C15H19N3OS/c1-11-5-7-12(8-6-11)14-16-15(18-17-14)20-10-13-4-2-3-9-19-13/h5-8,13H,2-4,9-10H2,1H3,(H,16,17,18). The zero-order valence-corrected chi connectivity index (χ0v) is 12.4. The van der Waals surface area contributed by atoms with Gasteiger partial charge in [0.15, 0.2) is 5.82 Å². The van der Waals surface area contributed by atoms with Gasteiger partial charge in [-0.15, -0.1) is 5.10 Å². The number of hydrogen-bond acceptors (Lipinski definition) is 4. The van der Waals surface area contributed by atoms with Crippen molar-refractivity contribution in [3.05, 3.63) is 29.8 Å². The number of rotatable bonds is 4. The molecule has 0 radical (unpaired) electrons. The van der Waals surface area contributed by atoms with Gasteiger partial charge in [-0.3, -0.25) is 5.10 Å².